The van der Waals surface area contributed by atoms with Gasteiger partial charge in [0.2, 0.25) is 0 Å². The summed E-state index contributed by atoms with van der Waals surface area (Å²) >= 11 is 0. The quantitative estimate of drug-likeness (QED) is 0.269. The average Bonchev–Trinajstić information content (AvgIpc) is 2.77. The van der Waals surface area contributed by atoms with E-state index in [9.17, 15) is 0 Å². The fourth-order valence-corrected chi connectivity index (χ4v) is 13.0. The maximum Gasteiger partial charge on any atom is 4.00 e. The van der Waals surface area contributed by atoms with Crippen LogP contribution in [0, 0.1) is 13.0 Å². The summed E-state index contributed by atoms with van der Waals surface area (Å²) in [6.07, 6.45) is 6.57. The van der Waals surface area contributed by atoms with E-state index in [2.05, 4.69) is 92.4 Å². The molecule has 0 aliphatic heterocycles. The summed E-state index contributed by atoms with van der Waals surface area (Å²) in [5.41, 5.74) is 5.91. The third-order valence-electron chi connectivity index (χ3n) is 7.12. The molecule has 1 unspecified atom stereocenters. The molecular weight excluding hydrogens is 511 g/mol. The second kappa shape index (κ2) is 13.6. The van der Waals surface area contributed by atoms with Gasteiger partial charge in [0, 0.05) is 0 Å². The Kier molecular flexibility index (Phi) is 15.9. The Bertz CT molecular complexity index is 775. The molecule has 0 nitrogen and oxygen atoms in total. The van der Waals surface area contributed by atoms with Gasteiger partial charge >= 0.3 is 21.7 Å². The minimum Gasteiger partial charge on any atom is -1.00 e. The van der Waals surface area contributed by atoms with Crippen molar-refractivity contribution in [3.8, 4) is 0 Å². The first-order chi connectivity index (χ1) is 12.4. The van der Waals surface area contributed by atoms with Gasteiger partial charge in [-0.3, -0.25) is 6.08 Å². The zero-order chi connectivity index (χ0) is 20.6. The van der Waals surface area contributed by atoms with Gasteiger partial charge in [-0.2, -0.15) is 11.1 Å². The number of benzene rings is 1. The summed E-state index contributed by atoms with van der Waals surface area (Å²) in [6.45, 7) is 24.0. The van der Waals surface area contributed by atoms with E-state index in [0.717, 1.165) is 0 Å². The number of aryl methyl sites for hydroxylation is 1. The molecule has 0 N–H and O–H groups in total. The Labute approximate surface area is 228 Å². The summed E-state index contributed by atoms with van der Waals surface area (Å²) < 4.78 is 0. The van der Waals surface area contributed by atoms with Crippen molar-refractivity contribution in [3.05, 3.63) is 46.6 Å². The molecule has 1 atom stereocenters. The van der Waals surface area contributed by atoms with Crippen molar-refractivity contribution < 1.29 is 58.9 Å². The molecule has 1 aromatic rings. The number of rotatable bonds is 7. The summed E-state index contributed by atoms with van der Waals surface area (Å²) in [5, 5.41) is 3.44. The van der Waals surface area contributed by atoms with E-state index >= 15 is 0 Å². The molecule has 0 saturated heterocycles. The molecule has 174 valence electrons. The Balaban J connectivity index is -0.00000196. The molecule has 0 aromatic heterocycles. The molecule has 0 saturated carbocycles. The molecule has 0 amide bonds. The van der Waals surface area contributed by atoms with Crippen molar-refractivity contribution in [2.75, 3.05) is 0 Å². The van der Waals surface area contributed by atoms with Crippen molar-refractivity contribution >= 4 is 26.5 Å². The molecule has 0 heterocycles. The first-order valence-corrected chi connectivity index (χ1v) is 16.8. The second-order valence-corrected chi connectivity index (χ2v) is 19.9. The molecule has 2 rings (SSSR count). The van der Waals surface area contributed by atoms with Crippen LogP contribution in [0.3, 0.4) is 0 Å². The Morgan fingerprint density at radius 2 is 1.26 bits per heavy atom. The monoisotopic (exact) mass is 550 g/mol. The predicted molar refractivity (Wildman–Crippen MR) is 129 cm³/mol. The number of hydrogen-bond donors (Lipinski definition) is 0. The van der Waals surface area contributed by atoms with Crippen molar-refractivity contribution in [1.82, 2.24) is 0 Å². The number of hydrogen-bond acceptors (Lipinski definition) is 0. The van der Waals surface area contributed by atoms with Gasteiger partial charge < -0.3 is 37.2 Å². The van der Waals surface area contributed by atoms with Crippen LogP contribution in [0.4, 0.5) is 0 Å². The van der Waals surface area contributed by atoms with Crippen molar-refractivity contribution in [2.24, 2.45) is 0 Å². The molecule has 0 spiro atoms. The van der Waals surface area contributed by atoms with E-state index in [1.165, 1.54) is 41.6 Å². The van der Waals surface area contributed by atoms with E-state index in [1.54, 1.807) is 15.9 Å². The molecule has 1 aromatic carbocycles. The van der Waals surface area contributed by atoms with Gasteiger partial charge in [-0.15, -0.1) is 6.92 Å². The SMILES string of the molecule is CCC[Si](CCC)(c1cc(C)cc([Si](C)(C)C)c1)C1(C)[C-]=C(C)C(C)=C1C.[Cl-].[Cl-].[Cl-].[Ti+4]. The topological polar surface area (TPSA) is 0 Å². The summed E-state index contributed by atoms with van der Waals surface area (Å²) in [5.74, 6) is 0. The van der Waals surface area contributed by atoms with E-state index in [-0.39, 0.29) is 64.0 Å². The fourth-order valence-electron chi connectivity index (χ4n) is 5.25. The minimum absolute atomic E-state index is 0. The molecule has 6 heteroatoms. The molecule has 0 bridgehead atoms. The Hall–Kier alpha value is 0.718. The minimum atomic E-state index is -1.82. The van der Waals surface area contributed by atoms with E-state index in [4.69, 9.17) is 0 Å². The van der Waals surface area contributed by atoms with E-state index in [1.807, 2.05) is 0 Å². The molecule has 1 aliphatic rings. The summed E-state index contributed by atoms with van der Waals surface area (Å²) in [4.78, 5) is 0. The molecule has 0 fully saturated rings. The largest absolute Gasteiger partial charge is 4.00 e. The van der Waals surface area contributed by atoms with Crippen LogP contribution < -0.4 is 47.6 Å². The molecule has 31 heavy (non-hydrogen) atoms. The average molecular weight is 552 g/mol. The van der Waals surface area contributed by atoms with Gasteiger partial charge in [-0.1, -0.05) is 118 Å². The van der Waals surface area contributed by atoms with E-state index < -0.39 is 16.1 Å². The Morgan fingerprint density at radius 1 is 0.806 bits per heavy atom. The summed E-state index contributed by atoms with van der Waals surface area (Å²) in [7, 11) is -3.16. The van der Waals surface area contributed by atoms with Gasteiger partial charge in [0.15, 0.2) is 0 Å². The zero-order valence-corrected chi connectivity index (χ0v) is 27.0. The third kappa shape index (κ3) is 6.87. The van der Waals surface area contributed by atoms with Gasteiger partial charge in [0.1, 0.15) is 0 Å². The van der Waals surface area contributed by atoms with Crippen molar-refractivity contribution in [3.63, 3.8) is 0 Å². The number of halogens is 3. The predicted octanol–water partition coefficient (Wildman–Crippen LogP) is -2.11. The van der Waals surface area contributed by atoms with Crippen LogP contribution in [-0.4, -0.2) is 16.1 Å². The zero-order valence-electron chi connectivity index (χ0n) is 21.2. The van der Waals surface area contributed by atoms with E-state index in [0.29, 0.717) is 0 Å². The third-order valence-corrected chi connectivity index (χ3v) is 15.7. The van der Waals surface area contributed by atoms with Gasteiger partial charge in [0.25, 0.3) is 0 Å². The first kappa shape index (κ1) is 36.3. The maximum absolute atomic E-state index is 4.03. The fraction of sp³-hybridized carbons (Fsp3) is 0.600. The van der Waals surface area contributed by atoms with Crippen LogP contribution in [0.25, 0.3) is 0 Å². The molecule has 1 aliphatic carbocycles. The smallest absolute Gasteiger partial charge is 1.00 e. The van der Waals surface area contributed by atoms with Gasteiger partial charge in [-0.05, 0) is 6.92 Å². The van der Waals surface area contributed by atoms with Crippen LogP contribution >= 0.6 is 0 Å². The van der Waals surface area contributed by atoms with Crippen molar-refractivity contribution in [1.29, 1.82) is 0 Å². The number of allylic oxidation sites excluding steroid dienone is 4. The van der Waals surface area contributed by atoms with Crippen LogP contribution in [-0.2, 0) is 21.7 Å². The normalized spacial score (nSPS) is 18.3. The standard InChI is InChI=1S/C25H41Si2.3ClH.Ti/c1-11-13-27(14-12-2,25(7)18-20(4)21(5)22(25)6)24-16-19(3)15-23(17-24)26(8,9)10;;;;/h15-17H,11-14H2,1-10H3;3*1H;/q-1;;;;+4/p-3. The van der Waals surface area contributed by atoms with Crippen molar-refractivity contribution in [2.45, 2.75) is 98.1 Å². The Morgan fingerprint density at radius 3 is 1.61 bits per heavy atom. The second-order valence-electron chi connectivity index (χ2n) is 10.0. The van der Waals surface area contributed by atoms with Crippen LogP contribution in [0.1, 0.15) is 59.9 Å². The first-order valence-electron chi connectivity index (χ1n) is 10.9. The summed E-state index contributed by atoms with van der Waals surface area (Å²) in [6, 6.07) is 10.4. The molecular formula is C25H41Cl3Si2Ti. The van der Waals surface area contributed by atoms with Gasteiger partial charge in [0.05, 0.1) is 16.1 Å². The van der Waals surface area contributed by atoms with Crippen LogP contribution in [0.5, 0.6) is 0 Å². The maximum atomic E-state index is 4.03. The van der Waals surface area contributed by atoms with Gasteiger partial charge in [-0.25, -0.2) is 5.57 Å². The van der Waals surface area contributed by atoms with Crippen LogP contribution in [0.2, 0.25) is 36.8 Å². The van der Waals surface area contributed by atoms with Crippen LogP contribution in [0.15, 0.2) is 34.9 Å². The molecule has 0 radical (unpaired) electrons.